The number of rotatable bonds is 3. The first kappa shape index (κ1) is 21.0. The first-order chi connectivity index (χ1) is 8.72. The highest BCUT2D eigenvalue weighted by atomic mass is 19.3. The van der Waals surface area contributed by atoms with Gasteiger partial charge in [0.15, 0.2) is 0 Å². The molecular formula is C14H29F4N. The van der Waals surface area contributed by atoms with Crippen molar-refractivity contribution in [2.24, 2.45) is 5.92 Å². The highest BCUT2D eigenvalue weighted by Crippen LogP contribution is 2.35. The largest absolute Gasteiger partial charge is 0.322 e. The predicted octanol–water partition coefficient (Wildman–Crippen LogP) is 5.06. The number of alkyl halides is 4. The summed E-state index contributed by atoms with van der Waals surface area (Å²) in [6.45, 7) is 10.5. The van der Waals surface area contributed by atoms with E-state index in [1.165, 1.54) is 4.90 Å². The maximum atomic E-state index is 13.0. The zero-order valence-electron chi connectivity index (χ0n) is 13.1. The fourth-order valence-corrected chi connectivity index (χ4v) is 1.64. The summed E-state index contributed by atoms with van der Waals surface area (Å²) < 4.78 is 51.2. The lowest BCUT2D eigenvalue weighted by atomic mass is 9.98. The van der Waals surface area contributed by atoms with Gasteiger partial charge in [-0.15, -0.1) is 0 Å². The van der Waals surface area contributed by atoms with E-state index < -0.39 is 18.4 Å². The Kier molecular flexibility index (Phi) is 10.6. The van der Waals surface area contributed by atoms with Gasteiger partial charge in [0.25, 0.3) is 0 Å². The van der Waals surface area contributed by atoms with Gasteiger partial charge in [0, 0.05) is 6.92 Å². The maximum Gasteiger partial charge on any atom is 0.322 e. The van der Waals surface area contributed by atoms with Crippen LogP contribution in [0.5, 0.6) is 0 Å². The first-order valence-electron chi connectivity index (χ1n) is 7.20. The fourth-order valence-electron chi connectivity index (χ4n) is 1.64. The van der Waals surface area contributed by atoms with Crippen LogP contribution in [0.2, 0.25) is 0 Å². The molecule has 1 saturated heterocycles. The van der Waals surface area contributed by atoms with Gasteiger partial charge in [0.2, 0.25) is 0 Å². The van der Waals surface area contributed by atoms with E-state index in [1.54, 1.807) is 0 Å². The monoisotopic (exact) mass is 287 g/mol. The molecule has 0 aliphatic carbocycles. The van der Waals surface area contributed by atoms with Crippen LogP contribution >= 0.6 is 0 Å². The Morgan fingerprint density at radius 1 is 0.947 bits per heavy atom. The summed E-state index contributed by atoms with van der Waals surface area (Å²) in [5, 5.41) is 0. The van der Waals surface area contributed by atoms with Crippen molar-refractivity contribution in [1.82, 2.24) is 4.90 Å². The van der Waals surface area contributed by atoms with E-state index in [0.29, 0.717) is 19.0 Å². The van der Waals surface area contributed by atoms with Crippen LogP contribution in [-0.2, 0) is 0 Å². The molecule has 0 aromatic rings. The molecule has 0 radical (unpaired) electrons. The van der Waals surface area contributed by atoms with Crippen LogP contribution in [0.15, 0.2) is 0 Å². The van der Waals surface area contributed by atoms with E-state index in [9.17, 15) is 17.6 Å². The van der Waals surface area contributed by atoms with Gasteiger partial charge in [-0.05, 0) is 31.8 Å². The van der Waals surface area contributed by atoms with Gasteiger partial charge in [0.1, 0.15) is 0 Å². The summed E-state index contributed by atoms with van der Waals surface area (Å²) in [5.41, 5.74) is 0. The average molecular weight is 287 g/mol. The van der Waals surface area contributed by atoms with Gasteiger partial charge < -0.3 is 0 Å². The molecule has 0 atom stereocenters. The Bertz CT molecular complexity index is 206. The first-order valence-corrected chi connectivity index (χ1v) is 7.20. The van der Waals surface area contributed by atoms with Crippen molar-refractivity contribution in [3.8, 4) is 0 Å². The second-order valence-electron chi connectivity index (χ2n) is 4.55. The Morgan fingerprint density at radius 3 is 1.63 bits per heavy atom. The summed E-state index contributed by atoms with van der Waals surface area (Å²) in [7, 11) is 0. The van der Waals surface area contributed by atoms with Crippen LogP contribution < -0.4 is 0 Å². The molecular weight excluding hydrogens is 258 g/mol. The number of halogens is 4. The molecule has 118 valence electrons. The molecule has 0 saturated carbocycles. The van der Waals surface area contributed by atoms with Crippen LogP contribution in [0.25, 0.3) is 0 Å². The lowest BCUT2D eigenvalue weighted by Gasteiger charge is -2.34. The van der Waals surface area contributed by atoms with Crippen molar-refractivity contribution in [2.45, 2.75) is 66.2 Å². The molecule has 0 aromatic heterocycles. The number of nitrogens with zero attached hydrogens (tertiary/aromatic N) is 1. The molecule has 1 aliphatic heterocycles. The summed E-state index contributed by atoms with van der Waals surface area (Å²) in [4.78, 5) is 1.43. The Labute approximate surface area is 115 Å². The van der Waals surface area contributed by atoms with E-state index in [2.05, 4.69) is 0 Å². The molecule has 19 heavy (non-hydrogen) atoms. The zero-order valence-corrected chi connectivity index (χ0v) is 13.1. The fraction of sp³-hybridized carbons (Fsp3) is 1.00. The molecule has 0 aromatic carbocycles. The van der Waals surface area contributed by atoms with E-state index in [0.717, 1.165) is 12.8 Å². The van der Waals surface area contributed by atoms with Crippen molar-refractivity contribution in [3.05, 3.63) is 0 Å². The van der Waals surface area contributed by atoms with Crippen LogP contribution in [0.4, 0.5) is 17.6 Å². The number of hydrogen-bond donors (Lipinski definition) is 0. The minimum absolute atomic E-state index is 0.277. The number of piperidine rings is 1. The summed E-state index contributed by atoms with van der Waals surface area (Å²) >= 11 is 0. The summed E-state index contributed by atoms with van der Waals surface area (Å²) in [5.74, 6) is -7.35. The molecule has 1 heterocycles. The van der Waals surface area contributed by atoms with E-state index in [4.69, 9.17) is 0 Å². The quantitative estimate of drug-likeness (QED) is 0.656. The molecule has 0 N–H and O–H groups in total. The highest BCUT2D eigenvalue weighted by Gasteiger charge is 2.52. The van der Waals surface area contributed by atoms with Crippen molar-refractivity contribution in [3.63, 3.8) is 0 Å². The SMILES string of the molecule is CC.CC.CC1CCN(CC(F)(F)C(C)(F)F)CC1. The van der Waals surface area contributed by atoms with E-state index in [-0.39, 0.29) is 6.92 Å². The van der Waals surface area contributed by atoms with Gasteiger partial charge >= 0.3 is 11.8 Å². The third kappa shape index (κ3) is 7.75. The predicted molar refractivity (Wildman–Crippen MR) is 73.1 cm³/mol. The zero-order chi connectivity index (χ0) is 15.7. The van der Waals surface area contributed by atoms with E-state index >= 15 is 0 Å². The second-order valence-corrected chi connectivity index (χ2v) is 4.55. The van der Waals surface area contributed by atoms with Crippen molar-refractivity contribution in [1.29, 1.82) is 0 Å². The molecule has 5 heteroatoms. The lowest BCUT2D eigenvalue weighted by Crippen LogP contribution is -2.49. The van der Waals surface area contributed by atoms with Crippen molar-refractivity contribution < 1.29 is 17.6 Å². The minimum atomic E-state index is -3.93. The third-order valence-electron chi connectivity index (χ3n) is 2.94. The van der Waals surface area contributed by atoms with Gasteiger partial charge in [-0.25, -0.2) is 8.78 Å². The second kappa shape index (κ2) is 9.56. The van der Waals surface area contributed by atoms with Crippen LogP contribution in [-0.4, -0.2) is 36.4 Å². The third-order valence-corrected chi connectivity index (χ3v) is 2.94. The standard InChI is InChI=1S/C10H17F4N.2C2H6/c1-8-3-5-15(6-4-8)7-10(13,14)9(2,11)12;2*1-2/h8H,3-7H2,1-2H3;2*1-2H3. The maximum absolute atomic E-state index is 13.0. The molecule has 1 aliphatic rings. The van der Waals surface area contributed by atoms with E-state index in [1.807, 2.05) is 34.6 Å². The average Bonchev–Trinajstić information content (AvgIpc) is 2.35. The topological polar surface area (TPSA) is 3.24 Å². The molecule has 1 rings (SSSR count). The van der Waals surface area contributed by atoms with Crippen LogP contribution in [0.1, 0.15) is 54.4 Å². The normalized spacial score (nSPS) is 18.0. The number of likely N-dealkylation sites (tertiary alicyclic amines) is 1. The summed E-state index contributed by atoms with van der Waals surface area (Å²) in [6, 6.07) is 0. The molecule has 0 bridgehead atoms. The number of hydrogen-bond acceptors (Lipinski definition) is 1. The smallest absolute Gasteiger partial charge is 0.297 e. The van der Waals surface area contributed by atoms with Gasteiger partial charge in [-0.3, -0.25) is 4.90 Å². The molecule has 0 amide bonds. The van der Waals surface area contributed by atoms with Crippen LogP contribution in [0, 0.1) is 5.92 Å². The molecule has 0 spiro atoms. The van der Waals surface area contributed by atoms with Gasteiger partial charge in [0.05, 0.1) is 6.54 Å². The van der Waals surface area contributed by atoms with Crippen LogP contribution in [0.3, 0.4) is 0 Å². The minimum Gasteiger partial charge on any atom is -0.297 e. The Balaban J connectivity index is 0. The Hall–Kier alpha value is -0.320. The van der Waals surface area contributed by atoms with Crippen molar-refractivity contribution >= 4 is 0 Å². The van der Waals surface area contributed by atoms with Gasteiger partial charge in [-0.2, -0.15) is 8.78 Å². The summed E-state index contributed by atoms with van der Waals surface area (Å²) in [6.07, 6.45) is 1.62. The molecule has 0 unspecified atom stereocenters. The Morgan fingerprint density at radius 2 is 1.32 bits per heavy atom. The van der Waals surface area contributed by atoms with Crippen molar-refractivity contribution in [2.75, 3.05) is 19.6 Å². The molecule has 1 fully saturated rings. The lowest BCUT2D eigenvalue weighted by molar-refractivity contribution is -0.207. The van der Waals surface area contributed by atoms with Gasteiger partial charge in [-0.1, -0.05) is 34.6 Å². The molecule has 1 nitrogen and oxygen atoms in total. The highest BCUT2D eigenvalue weighted by molar-refractivity contribution is 4.85.